The standard InChI is InChI=1S/C15H12F6N2O/c16-13(14(17,18)15(19,20)21)9-6-7-10(22)11(23)12(9)24-8-4-2-1-3-5-8/h1-7,13H,22-23H2. The number of anilines is 2. The lowest BCUT2D eigenvalue weighted by molar-refractivity contribution is -0.305. The number of ether oxygens (including phenoxy) is 1. The molecular weight excluding hydrogens is 338 g/mol. The van der Waals surface area contributed by atoms with Crippen LogP contribution in [0.3, 0.4) is 0 Å². The van der Waals surface area contributed by atoms with E-state index in [2.05, 4.69) is 0 Å². The van der Waals surface area contributed by atoms with Crippen molar-refractivity contribution in [1.82, 2.24) is 0 Å². The second-order valence-electron chi connectivity index (χ2n) is 4.89. The Morgan fingerprint density at radius 1 is 0.875 bits per heavy atom. The van der Waals surface area contributed by atoms with Crippen LogP contribution >= 0.6 is 0 Å². The van der Waals surface area contributed by atoms with Gasteiger partial charge in [-0.3, -0.25) is 0 Å². The van der Waals surface area contributed by atoms with Gasteiger partial charge in [0.2, 0.25) is 6.17 Å². The first-order valence-corrected chi connectivity index (χ1v) is 6.55. The predicted octanol–water partition coefficient (Wildman–Crippen LogP) is 4.85. The minimum Gasteiger partial charge on any atom is -0.455 e. The predicted molar refractivity (Wildman–Crippen MR) is 76.6 cm³/mol. The molecule has 24 heavy (non-hydrogen) atoms. The van der Waals surface area contributed by atoms with Gasteiger partial charge in [0.15, 0.2) is 5.75 Å². The molecule has 2 aromatic rings. The Hall–Kier alpha value is -2.58. The first-order valence-electron chi connectivity index (χ1n) is 6.55. The number of nitrogen functional groups attached to an aromatic ring is 2. The van der Waals surface area contributed by atoms with Crippen molar-refractivity contribution in [2.75, 3.05) is 11.5 Å². The zero-order chi connectivity index (χ0) is 18.1. The maximum Gasteiger partial charge on any atom is 0.456 e. The molecule has 0 aromatic heterocycles. The molecule has 0 heterocycles. The van der Waals surface area contributed by atoms with E-state index in [4.69, 9.17) is 16.2 Å². The average molecular weight is 350 g/mol. The van der Waals surface area contributed by atoms with Gasteiger partial charge in [-0.2, -0.15) is 22.0 Å². The summed E-state index contributed by atoms with van der Waals surface area (Å²) in [7, 11) is 0. The maximum atomic E-state index is 14.0. The highest BCUT2D eigenvalue weighted by molar-refractivity contribution is 5.74. The Bertz CT molecular complexity index is 718. The number of alkyl halides is 6. The van der Waals surface area contributed by atoms with Gasteiger partial charge in [0.25, 0.3) is 0 Å². The lowest BCUT2D eigenvalue weighted by Gasteiger charge is -2.25. The molecule has 2 rings (SSSR count). The van der Waals surface area contributed by atoms with Crippen LogP contribution in [0, 0.1) is 0 Å². The van der Waals surface area contributed by atoms with Crippen LogP contribution in [0.1, 0.15) is 11.7 Å². The van der Waals surface area contributed by atoms with Crippen molar-refractivity contribution in [3.8, 4) is 11.5 Å². The van der Waals surface area contributed by atoms with E-state index in [0.717, 1.165) is 6.07 Å². The van der Waals surface area contributed by atoms with E-state index in [1.165, 1.54) is 24.3 Å². The third kappa shape index (κ3) is 3.19. The summed E-state index contributed by atoms with van der Waals surface area (Å²) < 4.78 is 83.2. The van der Waals surface area contributed by atoms with Crippen LogP contribution in [0.25, 0.3) is 0 Å². The molecule has 3 nitrogen and oxygen atoms in total. The van der Waals surface area contributed by atoms with Gasteiger partial charge < -0.3 is 16.2 Å². The molecule has 0 aliphatic rings. The molecular formula is C15H12F6N2O. The van der Waals surface area contributed by atoms with Gasteiger partial charge in [0, 0.05) is 5.56 Å². The molecule has 1 atom stereocenters. The van der Waals surface area contributed by atoms with Crippen molar-refractivity contribution in [3.63, 3.8) is 0 Å². The number of hydrogen-bond donors (Lipinski definition) is 2. The number of para-hydroxylation sites is 1. The molecule has 0 amide bonds. The molecule has 0 aliphatic heterocycles. The van der Waals surface area contributed by atoms with E-state index in [9.17, 15) is 26.3 Å². The molecule has 0 aliphatic carbocycles. The molecule has 1 unspecified atom stereocenters. The summed E-state index contributed by atoms with van der Waals surface area (Å²) in [6, 6.07) is 9.06. The Kier molecular flexibility index (Phi) is 4.54. The minimum atomic E-state index is -6.08. The van der Waals surface area contributed by atoms with Crippen molar-refractivity contribution in [3.05, 3.63) is 48.0 Å². The van der Waals surface area contributed by atoms with Crippen molar-refractivity contribution in [1.29, 1.82) is 0 Å². The molecule has 0 fully saturated rings. The smallest absolute Gasteiger partial charge is 0.455 e. The van der Waals surface area contributed by atoms with Crippen molar-refractivity contribution < 1.29 is 31.1 Å². The Labute approximate surface area is 132 Å². The fourth-order valence-corrected chi connectivity index (χ4v) is 1.89. The monoisotopic (exact) mass is 350 g/mol. The summed E-state index contributed by atoms with van der Waals surface area (Å²) in [6.07, 6.45) is -9.79. The van der Waals surface area contributed by atoms with Crippen LogP contribution in [0.2, 0.25) is 0 Å². The fourth-order valence-electron chi connectivity index (χ4n) is 1.89. The fraction of sp³-hybridized carbons (Fsp3) is 0.200. The normalized spacial score (nSPS) is 13.6. The molecule has 2 aromatic carbocycles. The zero-order valence-electron chi connectivity index (χ0n) is 11.9. The lowest BCUT2D eigenvalue weighted by atomic mass is 10.0. The van der Waals surface area contributed by atoms with Crippen LogP contribution in [-0.4, -0.2) is 12.1 Å². The largest absolute Gasteiger partial charge is 0.456 e. The van der Waals surface area contributed by atoms with Gasteiger partial charge in [-0.15, -0.1) is 0 Å². The maximum absolute atomic E-state index is 14.0. The van der Waals surface area contributed by atoms with Crippen molar-refractivity contribution in [2.24, 2.45) is 0 Å². The molecule has 0 saturated heterocycles. The van der Waals surface area contributed by atoms with Gasteiger partial charge in [0.1, 0.15) is 5.75 Å². The summed E-state index contributed by atoms with van der Waals surface area (Å²) in [6.45, 7) is 0. The quantitative estimate of drug-likeness (QED) is 0.612. The number of nitrogens with two attached hydrogens (primary N) is 2. The molecule has 130 valence electrons. The summed E-state index contributed by atoms with van der Waals surface area (Å²) in [5.74, 6) is -6.24. The number of benzene rings is 2. The van der Waals surface area contributed by atoms with Gasteiger partial charge in [-0.05, 0) is 24.3 Å². The van der Waals surface area contributed by atoms with Gasteiger partial charge in [0.05, 0.1) is 11.4 Å². The Morgan fingerprint density at radius 3 is 2.00 bits per heavy atom. The van der Waals surface area contributed by atoms with E-state index >= 15 is 0 Å². The van der Waals surface area contributed by atoms with Crippen LogP contribution < -0.4 is 16.2 Å². The van der Waals surface area contributed by atoms with Crippen LogP contribution in [0.5, 0.6) is 11.5 Å². The Balaban J connectivity index is 2.53. The number of halogens is 6. The summed E-state index contributed by atoms with van der Waals surface area (Å²) in [5, 5.41) is 0. The Morgan fingerprint density at radius 2 is 1.46 bits per heavy atom. The van der Waals surface area contributed by atoms with Gasteiger partial charge in [-0.1, -0.05) is 18.2 Å². The molecule has 0 bridgehead atoms. The van der Waals surface area contributed by atoms with E-state index in [0.29, 0.717) is 6.07 Å². The summed E-state index contributed by atoms with van der Waals surface area (Å²) in [5.41, 5.74) is 9.45. The first-order chi connectivity index (χ1) is 11.1. The highest BCUT2D eigenvalue weighted by Gasteiger charge is 2.64. The van der Waals surface area contributed by atoms with E-state index < -0.39 is 35.3 Å². The third-order valence-corrected chi connectivity index (χ3v) is 3.19. The second kappa shape index (κ2) is 6.14. The van der Waals surface area contributed by atoms with Crippen molar-refractivity contribution >= 4 is 11.4 Å². The molecule has 0 spiro atoms. The van der Waals surface area contributed by atoms with E-state index in [1.807, 2.05) is 0 Å². The van der Waals surface area contributed by atoms with Crippen LogP contribution in [0.15, 0.2) is 42.5 Å². The number of rotatable bonds is 4. The molecule has 0 radical (unpaired) electrons. The summed E-state index contributed by atoms with van der Waals surface area (Å²) >= 11 is 0. The van der Waals surface area contributed by atoms with E-state index in [1.54, 1.807) is 6.07 Å². The zero-order valence-corrected chi connectivity index (χ0v) is 11.9. The number of hydrogen-bond acceptors (Lipinski definition) is 3. The van der Waals surface area contributed by atoms with Gasteiger partial charge in [-0.25, -0.2) is 4.39 Å². The molecule has 0 saturated carbocycles. The van der Waals surface area contributed by atoms with Crippen LogP contribution in [0.4, 0.5) is 37.7 Å². The summed E-state index contributed by atoms with van der Waals surface area (Å²) in [4.78, 5) is 0. The first kappa shape index (κ1) is 17.8. The average Bonchev–Trinajstić information content (AvgIpc) is 2.51. The third-order valence-electron chi connectivity index (χ3n) is 3.19. The topological polar surface area (TPSA) is 61.3 Å². The highest BCUT2D eigenvalue weighted by Crippen LogP contribution is 2.50. The molecule has 9 heteroatoms. The lowest BCUT2D eigenvalue weighted by Crippen LogP contribution is -2.40. The van der Waals surface area contributed by atoms with Crippen LogP contribution in [-0.2, 0) is 0 Å². The minimum absolute atomic E-state index is 0.0681. The second-order valence-corrected chi connectivity index (χ2v) is 4.89. The van der Waals surface area contributed by atoms with Crippen molar-refractivity contribution in [2.45, 2.75) is 18.3 Å². The van der Waals surface area contributed by atoms with Gasteiger partial charge >= 0.3 is 12.1 Å². The molecule has 4 N–H and O–H groups in total. The highest BCUT2D eigenvalue weighted by atomic mass is 19.4. The SMILES string of the molecule is Nc1ccc(C(F)C(F)(F)C(F)(F)F)c(Oc2ccccc2)c1N. The van der Waals surface area contributed by atoms with E-state index in [-0.39, 0.29) is 11.4 Å².